The number of aromatic amines is 1. The SMILES string of the molecule is O=c1[nH]nc2ccc(NCc3cc4c(s3)CCC4)nn12. The summed E-state index contributed by atoms with van der Waals surface area (Å²) in [6.45, 7) is 0.739. The van der Waals surface area contributed by atoms with Crippen LogP contribution in [-0.2, 0) is 19.4 Å². The van der Waals surface area contributed by atoms with E-state index in [-0.39, 0.29) is 5.69 Å². The molecule has 0 spiro atoms. The van der Waals surface area contributed by atoms with Gasteiger partial charge in [-0.1, -0.05) is 0 Å². The zero-order valence-corrected chi connectivity index (χ0v) is 11.5. The molecule has 0 saturated carbocycles. The third kappa shape index (κ3) is 1.90. The quantitative estimate of drug-likeness (QED) is 0.767. The van der Waals surface area contributed by atoms with Gasteiger partial charge in [-0.05, 0) is 43.0 Å². The van der Waals surface area contributed by atoms with E-state index in [1.165, 1.54) is 39.1 Å². The molecule has 3 heterocycles. The van der Waals surface area contributed by atoms with Crippen molar-refractivity contribution in [3.05, 3.63) is 44.0 Å². The number of nitrogens with zero attached hydrogens (tertiary/aromatic N) is 3. The first kappa shape index (κ1) is 11.7. The number of H-pyrrole nitrogens is 1. The summed E-state index contributed by atoms with van der Waals surface area (Å²) < 4.78 is 1.26. The average molecular weight is 287 g/mol. The molecule has 1 aliphatic carbocycles. The lowest BCUT2D eigenvalue weighted by atomic mass is 10.2. The molecule has 3 aromatic heterocycles. The Labute approximate surface area is 118 Å². The fourth-order valence-corrected chi connectivity index (χ4v) is 3.75. The predicted molar refractivity (Wildman–Crippen MR) is 77.3 cm³/mol. The summed E-state index contributed by atoms with van der Waals surface area (Å²) in [6.07, 6.45) is 3.71. The lowest BCUT2D eigenvalue weighted by Gasteiger charge is -2.03. The summed E-state index contributed by atoms with van der Waals surface area (Å²) in [5.41, 5.74) is 1.70. The average Bonchev–Trinajstić information content (AvgIpc) is 3.11. The number of rotatable bonds is 3. The van der Waals surface area contributed by atoms with Gasteiger partial charge >= 0.3 is 5.69 Å². The van der Waals surface area contributed by atoms with Crippen LogP contribution in [0.4, 0.5) is 5.82 Å². The first-order valence-electron chi connectivity index (χ1n) is 6.58. The highest BCUT2D eigenvalue weighted by molar-refractivity contribution is 7.12. The third-order valence-electron chi connectivity index (χ3n) is 3.51. The van der Waals surface area contributed by atoms with Gasteiger partial charge in [0.15, 0.2) is 5.65 Å². The number of fused-ring (bicyclic) bond motifs is 2. The second kappa shape index (κ2) is 4.45. The van der Waals surface area contributed by atoms with Crippen LogP contribution in [0.25, 0.3) is 5.65 Å². The normalized spacial score (nSPS) is 13.8. The van der Waals surface area contributed by atoms with E-state index in [1.54, 1.807) is 6.07 Å². The van der Waals surface area contributed by atoms with Gasteiger partial charge in [-0.15, -0.1) is 16.4 Å². The molecule has 0 aliphatic heterocycles. The van der Waals surface area contributed by atoms with Crippen LogP contribution < -0.4 is 11.0 Å². The monoisotopic (exact) mass is 287 g/mol. The molecule has 0 aromatic carbocycles. The van der Waals surface area contributed by atoms with Crippen molar-refractivity contribution < 1.29 is 0 Å². The molecule has 0 atom stereocenters. The van der Waals surface area contributed by atoms with E-state index in [9.17, 15) is 4.79 Å². The van der Waals surface area contributed by atoms with Crippen LogP contribution in [0.1, 0.15) is 21.7 Å². The molecule has 0 fully saturated rings. The van der Waals surface area contributed by atoms with Crippen LogP contribution in [0.15, 0.2) is 23.0 Å². The third-order valence-corrected chi connectivity index (χ3v) is 4.75. The van der Waals surface area contributed by atoms with E-state index >= 15 is 0 Å². The molecule has 20 heavy (non-hydrogen) atoms. The van der Waals surface area contributed by atoms with Crippen LogP contribution in [-0.4, -0.2) is 19.8 Å². The fourth-order valence-electron chi connectivity index (χ4n) is 2.55. The topological polar surface area (TPSA) is 75.1 Å². The summed E-state index contributed by atoms with van der Waals surface area (Å²) in [4.78, 5) is 14.3. The van der Waals surface area contributed by atoms with Crippen molar-refractivity contribution in [1.29, 1.82) is 0 Å². The van der Waals surface area contributed by atoms with Crippen molar-refractivity contribution in [3.63, 3.8) is 0 Å². The molecule has 2 N–H and O–H groups in total. The first-order valence-corrected chi connectivity index (χ1v) is 7.40. The first-order chi connectivity index (χ1) is 9.79. The van der Waals surface area contributed by atoms with Gasteiger partial charge < -0.3 is 5.32 Å². The van der Waals surface area contributed by atoms with E-state index in [2.05, 4.69) is 26.7 Å². The number of hydrogen-bond acceptors (Lipinski definition) is 5. The zero-order chi connectivity index (χ0) is 13.5. The largest absolute Gasteiger partial charge is 0.364 e. The van der Waals surface area contributed by atoms with Gasteiger partial charge in [0.05, 0.1) is 6.54 Å². The Kier molecular flexibility index (Phi) is 2.59. The summed E-state index contributed by atoms with van der Waals surface area (Å²) in [6, 6.07) is 5.88. The molecule has 0 unspecified atom stereocenters. The summed E-state index contributed by atoms with van der Waals surface area (Å²) in [5.74, 6) is 0.676. The molecule has 102 valence electrons. The van der Waals surface area contributed by atoms with Gasteiger partial charge in [0, 0.05) is 9.75 Å². The Morgan fingerprint density at radius 3 is 3.25 bits per heavy atom. The zero-order valence-electron chi connectivity index (χ0n) is 10.7. The Hall–Kier alpha value is -2.15. The van der Waals surface area contributed by atoms with Crippen LogP contribution in [0.3, 0.4) is 0 Å². The van der Waals surface area contributed by atoms with Crippen LogP contribution >= 0.6 is 11.3 Å². The highest BCUT2D eigenvalue weighted by atomic mass is 32.1. The minimum atomic E-state index is -0.321. The van der Waals surface area contributed by atoms with E-state index in [4.69, 9.17) is 0 Å². The Morgan fingerprint density at radius 1 is 1.40 bits per heavy atom. The Morgan fingerprint density at radius 2 is 2.35 bits per heavy atom. The maximum atomic E-state index is 11.5. The highest BCUT2D eigenvalue weighted by Gasteiger charge is 2.14. The number of hydrogen-bond donors (Lipinski definition) is 2. The van der Waals surface area contributed by atoms with Crippen molar-refractivity contribution in [2.75, 3.05) is 5.32 Å². The molecule has 0 amide bonds. The van der Waals surface area contributed by atoms with Crippen molar-refractivity contribution >= 4 is 22.8 Å². The van der Waals surface area contributed by atoms with E-state index in [1.807, 2.05) is 17.4 Å². The molecule has 4 rings (SSSR count). The molecule has 6 nitrogen and oxygen atoms in total. The maximum absolute atomic E-state index is 11.5. The smallest absolute Gasteiger partial charge is 0.364 e. The fraction of sp³-hybridized carbons (Fsp3) is 0.308. The number of thiophene rings is 1. The maximum Gasteiger partial charge on any atom is 0.364 e. The van der Waals surface area contributed by atoms with E-state index < -0.39 is 0 Å². The lowest BCUT2D eigenvalue weighted by molar-refractivity contribution is 0.876. The van der Waals surface area contributed by atoms with Crippen LogP contribution in [0.5, 0.6) is 0 Å². The number of anilines is 1. The van der Waals surface area contributed by atoms with Crippen LogP contribution in [0, 0.1) is 0 Å². The van der Waals surface area contributed by atoms with Crippen molar-refractivity contribution in [2.45, 2.75) is 25.8 Å². The van der Waals surface area contributed by atoms with Gasteiger partial charge in [-0.2, -0.15) is 9.61 Å². The molecular formula is C13H13N5OS. The highest BCUT2D eigenvalue weighted by Crippen LogP contribution is 2.30. The van der Waals surface area contributed by atoms with Crippen molar-refractivity contribution in [1.82, 2.24) is 19.8 Å². The standard InChI is InChI=1S/C13H13N5OS/c19-13-16-15-12-5-4-11(17-18(12)13)14-7-9-6-8-2-1-3-10(8)20-9/h4-6H,1-3,7H2,(H,14,17)(H,16,19). The molecular weight excluding hydrogens is 274 g/mol. The Bertz CT molecular complexity index is 809. The second-order valence-electron chi connectivity index (χ2n) is 4.89. The van der Waals surface area contributed by atoms with Gasteiger partial charge in [0.25, 0.3) is 0 Å². The van der Waals surface area contributed by atoms with E-state index in [0.717, 1.165) is 6.54 Å². The lowest BCUT2D eigenvalue weighted by Crippen LogP contribution is -2.13. The van der Waals surface area contributed by atoms with Crippen LogP contribution in [0.2, 0.25) is 0 Å². The molecule has 0 bridgehead atoms. The molecule has 0 radical (unpaired) electrons. The van der Waals surface area contributed by atoms with Crippen molar-refractivity contribution in [2.24, 2.45) is 0 Å². The number of aromatic nitrogens is 4. The molecule has 1 aliphatic rings. The predicted octanol–water partition coefficient (Wildman–Crippen LogP) is 1.58. The molecule has 3 aromatic rings. The van der Waals surface area contributed by atoms with Gasteiger partial charge in [0.2, 0.25) is 0 Å². The van der Waals surface area contributed by atoms with E-state index in [0.29, 0.717) is 11.5 Å². The molecule has 0 saturated heterocycles. The number of nitrogens with one attached hydrogen (secondary N) is 2. The van der Waals surface area contributed by atoms with Gasteiger partial charge in [-0.3, -0.25) is 0 Å². The summed E-state index contributed by atoms with van der Waals surface area (Å²) in [7, 11) is 0. The second-order valence-corrected chi connectivity index (χ2v) is 6.11. The minimum Gasteiger partial charge on any atom is -0.364 e. The van der Waals surface area contributed by atoms with Crippen molar-refractivity contribution in [3.8, 4) is 0 Å². The van der Waals surface area contributed by atoms with Gasteiger partial charge in [-0.25, -0.2) is 9.89 Å². The summed E-state index contributed by atoms with van der Waals surface area (Å²) in [5, 5.41) is 13.7. The minimum absolute atomic E-state index is 0.321. The Balaban J connectivity index is 1.54. The number of aryl methyl sites for hydroxylation is 2. The summed E-state index contributed by atoms with van der Waals surface area (Å²) >= 11 is 1.87. The van der Waals surface area contributed by atoms with Gasteiger partial charge in [0.1, 0.15) is 5.82 Å². The molecule has 7 heteroatoms.